The molecule has 0 atom stereocenters. The third-order valence-electron chi connectivity index (χ3n) is 21.2. The van der Waals surface area contributed by atoms with Crippen LogP contribution in [0.3, 0.4) is 0 Å². The van der Waals surface area contributed by atoms with Gasteiger partial charge in [-0.05, 0) is 120 Å². The first-order valence-corrected chi connectivity index (χ1v) is 35.7. The van der Waals surface area contributed by atoms with Crippen LogP contribution in [0.5, 0.6) is 0 Å². The number of hydrogen-bond donors (Lipinski definition) is 0. The van der Waals surface area contributed by atoms with Crippen LogP contribution in [0.2, 0.25) is 0 Å². The third-order valence-corrected chi connectivity index (χ3v) is 21.2. The second-order valence-corrected chi connectivity index (χ2v) is 27.1. The highest BCUT2D eigenvalue weighted by Gasteiger charge is 2.25. The molecule has 0 aliphatic rings. The van der Waals surface area contributed by atoms with Gasteiger partial charge in [-0.15, -0.1) is 0 Å². The number of para-hydroxylation sites is 4. The van der Waals surface area contributed by atoms with E-state index in [4.69, 9.17) is 29.9 Å². The van der Waals surface area contributed by atoms with Crippen LogP contribution in [0.1, 0.15) is 0 Å². The fraction of sp³-hybridized carbons (Fsp3) is 0. The van der Waals surface area contributed by atoms with Crippen molar-refractivity contribution in [2.24, 2.45) is 0 Å². The van der Waals surface area contributed by atoms with Crippen molar-refractivity contribution in [1.82, 2.24) is 57.3 Å². The van der Waals surface area contributed by atoms with Gasteiger partial charge >= 0.3 is 0 Å². The van der Waals surface area contributed by atoms with Gasteiger partial charge in [0.2, 0.25) is 11.9 Å². The molecule has 14 aromatic carbocycles. The molecule has 22 aromatic rings. The molecule has 0 saturated heterocycles. The maximum absolute atomic E-state index is 5.18. The van der Waals surface area contributed by atoms with E-state index in [0.29, 0.717) is 35.2 Å². The van der Waals surface area contributed by atoms with Crippen LogP contribution in [0.15, 0.2) is 352 Å². The Labute approximate surface area is 606 Å². The Bertz CT molecular complexity index is 6730. The zero-order valence-corrected chi connectivity index (χ0v) is 56.9. The molecule has 12 heteroatoms. The van der Waals surface area contributed by atoms with Crippen LogP contribution in [-0.2, 0) is 0 Å². The van der Waals surface area contributed by atoms with Crippen molar-refractivity contribution in [1.29, 1.82) is 0 Å². The summed E-state index contributed by atoms with van der Waals surface area (Å²) in [6, 6.07) is 121. The van der Waals surface area contributed by atoms with Gasteiger partial charge in [-0.1, -0.05) is 231 Å². The minimum atomic E-state index is 0.563. The van der Waals surface area contributed by atoms with E-state index < -0.39 is 0 Å². The molecule has 8 heterocycles. The lowest BCUT2D eigenvalue weighted by Gasteiger charge is -2.12. The van der Waals surface area contributed by atoms with Crippen molar-refractivity contribution in [3.63, 3.8) is 0 Å². The lowest BCUT2D eigenvalue weighted by atomic mass is 10.0. The van der Waals surface area contributed by atoms with Crippen molar-refractivity contribution in [2.45, 2.75) is 0 Å². The Kier molecular flexibility index (Phi) is 13.1. The van der Waals surface area contributed by atoms with Gasteiger partial charge in [0.05, 0.1) is 55.2 Å². The van der Waals surface area contributed by atoms with E-state index in [1.807, 2.05) is 121 Å². The van der Waals surface area contributed by atoms with E-state index in [2.05, 4.69) is 258 Å². The van der Waals surface area contributed by atoms with Crippen molar-refractivity contribution >= 4 is 109 Å². The largest absolute Gasteiger partial charge is 0.316 e. The van der Waals surface area contributed by atoms with Crippen molar-refractivity contribution < 1.29 is 0 Å². The number of benzene rings is 14. The monoisotopic (exact) mass is 1350 g/mol. The van der Waals surface area contributed by atoms with Crippen molar-refractivity contribution in [2.75, 3.05) is 0 Å². The standard InChI is InChI=1S/C94H58N12/c1-5-21-61(22-6-1)89-95-90(62-23-7-2-8-24-62)98-93(97-89)105-83-35-19-15-31-71(83)77-57-67(45-49-85(77)105)101-55-53-75-79(101)51-47-73-69-29-13-17-33-81(69)103(87(73)75)65-41-37-59(38-42-65)60-39-43-66(44-40-60)104-82-34-18-14-30-70(82)74-48-52-80-76(88(74)104)54-56-102(80)68-46-50-86-78(58-68)72-32-16-20-36-84(72)106(86)94-99-91(63-25-9-3-10-26-63)96-92(100-94)64-27-11-4-12-28-64/h1-58H. The van der Waals surface area contributed by atoms with E-state index in [1.165, 1.54) is 32.6 Å². The normalized spacial score (nSPS) is 12.0. The molecule has 8 aromatic heterocycles. The Morgan fingerprint density at radius 3 is 0.802 bits per heavy atom. The maximum atomic E-state index is 5.18. The van der Waals surface area contributed by atoms with Gasteiger partial charge in [-0.25, -0.2) is 9.97 Å². The van der Waals surface area contributed by atoms with Gasteiger partial charge in [-0.3, -0.25) is 9.13 Å². The second-order valence-electron chi connectivity index (χ2n) is 27.1. The Balaban J connectivity index is 0.605. The molecule has 0 spiro atoms. The summed E-state index contributed by atoms with van der Waals surface area (Å²) in [5.74, 6) is 3.60. The zero-order chi connectivity index (χ0) is 69.5. The molecule has 0 aliphatic heterocycles. The van der Waals surface area contributed by atoms with Gasteiger partial charge in [0.25, 0.3) is 0 Å². The fourth-order valence-electron chi connectivity index (χ4n) is 16.4. The summed E-state index contributed by atoms with van der Waals surface area (Å²) in [5.41, 5.74) is 21.2. The first kappa shape index (κ1) is 59.1. The topological polar surface area (TPSA) is 107 Å². The molecule has 0 aliphatic carbocycles. The number of nitrogens with zero attached hydrogens (tertiary/aromatic N) is 12. The lowest BCUT2D eigenvalue weighted by Crippen LogP contribution is -2.06. The summed E-state index contributed by atoms with van der Waals surface area (Å²) in [6.45, 7) is 0. The minimum Gasteiger partial charge on any atom is -0.316 e. The Morgan fingerprint density at radius 2 is 0.453 bits per heavy atom. The Hall–Kier alpha value is -14.6. The third kappa shape index (κ3) is 9.21. The van der Waals surface area contributed by atoms with Gasteiger partial charge in [-0.2, -0.15) is 19.9 Å². The highest BCUT2D eigenvalue weighted by atomic mass is 15.2. The van der Waals surface area contributed by atoms with E-state index in [-0.39, 0.29) is 0 Å². The molecule has 0 saturated carbocycles. The average Bonchev–Trinajstić information content (AvgIpc) is 1.57. The van der Waals surface area contributed by atoms with Gasteiger partial charge in [0.15, 0.2) is 23.3 Å². The first-order valence-electron chi connectivity index (χ1n) is 35.7. The maximum Gasteiger partial charge on any atom is 0.238 e. The molecule has 0 radical (unpaired) electrons. The number of fused-ring (bicyclic) bond motifs is 16. The van der Waals surface area contributed by atoms with Gasteiger partial charge in [0.1, 0.15) is 0 Å². The molecule has 12 nitrogen and oxygen atoms in total. The first-order chi connectivity index (χ1) is 52.6. The minimum absolute atomic E-state index is 0.563. The van der Waals surface area contributed by atoms with Crippen LogP contribution in [0.4, 0.5) is 0 Å². The van der Waals surface area contributed by atoms with Crippen LogP contribution in [0.25, 0.3) is 200 Å². The molecular formula is C94H58N12. The molecule has 106 heavy (non-hydrogen) atoms. The van der Waals surface area contributed by atoms with E-state index in [0.717, 1.165) is 133 Å². The van der Waals surface area contributed by atoms with Gasteiger partial charge in [0, 0.05) is 111 Å². The number of hydrogen-bond acceptors (Lipinski definition) is 6. The fourth-order valence-corrected chi connectivity index (χ4v) is 16.4. The quantitative estimate of drug-likeness (QED) is 0.128. The summed E-state index contributed by atoms with van der Waals surface area (Å²) in [6.07, 6.45) is 4.43. The molecule has 494 valence electrons. The molecular weight excluding hydrogens is 1300 g/mol. The van der Waals surface area contributed by atoms with Gasteiger partial charge < -0.3 is 18.3 Å². The lowest BCUT2D eigenvalue weighted by molar-refractivity contribution is 0.953. The highest BCUT2D eigenvalue weighted by molar-refractivity contribution is 6.20. The molecule has 0 bridgehead atoms. The van der Waals surface area contributed by atoms with E-state index in [1.54, 1.807) is 0 Å². The number of aromatic nitrogens is 12. The SMILES string of the molecule is c1ccc(-c2nc(-c3ccccc3)nc(-n3c4ccccc4c4cc(-n5ccc6c5ccc5c7ccccc7n(-c7ccc(-c8ccc(-n9c%10ccccc%10c%10ccc%11c(ccn%11-c%11ccc%12c(c%11)c%11ccccc%11n%12-c%11nc(-c%12ccccc%12)nc(-c%12ccccc%12)n%11)c%109)cc8)cc7)c56)ccc43)n2)cc1. The summed E-state index contributed by atoms with van der Waals surface area (Å²) >= 11 is 0. The smallest absolute Gasteiger partial charge is 0.238 e. The zero-order valence-electron chi connectivity index (χ0n) is 56.9. The Morgan fingerprint density at radius 1 is 0.170 bits per heavy atom. The van der Waals surface area contributed by atoms with Crippen LogP contribution in [0, 0.1) is 0 Å². The average molecular weight is 1360 g/mol. The number of rotatable bonds is 11. The molecule has 22 rings (SSSR count). The summed E-state index contributed by atoms with van der Waals surface area (Å²) in [5, 5.41) is 11.6. The highest BCUT2D eigenvalue weighted by Crippen LogP contribution is 2.43. The van der Waals surface area contributed by atoms with Crippen molar-refractivity contribution in [3.8, 4) is 91.3 Å². The van der Waals surface area contributed by atoms with E-state index in [9.17, 15) is 0 Å². The summed E-state index contributed by atoms with van der Waals surface area (Å²) in [7, 11) is 0. The summed E-state index contributed by atoms with van der Waals surface area (Å²) in [4.78, 5) is 30.8. The van der Waals surface area contributed by atoms with Crippen molar-refractivity contribution in [3.05, 3.63) is 352 Å². The predicted octanol–water partition coefficient (Wildman–Crippen LogP) is 22.7. The van der Waals surface area contributed by atoms with Crippen LogP contribution in [-0.4, -0.2) is 57.3 Å². The van der Waals surface area contributed by atoms with Crippen LogP contribution >= 0.6 is 0 Å². The second kappa shape index (κ2) is 23.5. The van der Waals surface area contributed by atoms with E-state index >= 15 is 0 Å². The van der Waals surface area contributed by atoms with Crippen LogP contribution < -0.4 is 0 Å². The molecule has 0 N–H and O–H groups in total. The predicted molar refractivity (Wildman–Crippen MR) is 431 cm³/mol. The summed E-state index contributed by atoms with van der Waals surface area (Å²) < 4.78 is 13.9. The molecule has 0 unspecified atom stereocenters. The molecule has 0 fully saturated rings. The molecule has 0 amide bonds.